The summed E-state index contributed by atoms with van der Waals surface area (Å²) in [6, 6.07) is 12.0. The predicted molar refractivity (Wildman–Crippen MR) is 89.6 cm³/mol. The van der Waals surface area contributed by atoms with Crippen molar-refractivity contribution < 1.29 is 10.0 Å². The van der Waals surface area contributed by atoms with Gasteiger partial charge in [-0.15, -0.1) is 5.10 Å². The summed E-state index contributed by atoms with van der Waals surface area (Å²) in [6.45, 7) is 3.87. The molecule has 1 amide bonds. The van der Waals surface area contributed by atoms with Crippen LogP contribution in [0.2, 0.25) is 0 Å². The standard InChI is InChI=1S/C17H21N5O2/c23-17(19-24)15-12-16(18-22(15)14-4-2-1-3-5-14)21-10-8-20(9-11-21)13-6-7-13/h1-5,12-13,24H,6-11H2,(H,19,23). The Morgan fingerprint density at radius 3 is 2.46 bits per heavy atom. The van der Waals surface area contributed by atoms with Crippen LogP contribution in [0.3, 0.4) is 0 Å². The lowest BCUT2D eigenvalue weighted by Crippen LogP contribution is -2.47. The number of rotatable bonds is 4. The summed E-state index contributed by atoms with van der Waals surface area (Å²) >= 11 is 0. The van der Waals surface area contributed by atoms with Gasteiger partial charge in [0.15, 0.2) is 5.82 Å². The fourth-order valence-corrected chi connectivity index (χ4v) is 3.26. The maximum absolute atomic E-state index is 12.0. The maximum atomic E-state index is 12.0. The normalized spacial score (nSPS) is 18.6. The van der Waals surface area contributed by atoms with Gasteiger partial charge in [0.25, 0.3) is 5.91 Å². The van der Waals surface area contributed by atoms with Crippen LogP contribution in [0.15, 0.2) is 36.4 Å². The Bertz CT molecular complexity index is 718. The third-order valence-corrected chi connectivity index (χ3v) is 4.73. The fourth-order valence-electron chi connectivity index (χ4n) is 3.26. The zero-order valence-corrected chi connectivity index (χ0v) is 13.4. The van der Waals surface area contributed by atoms with E-state index in [2.05, 4.69) is 14.9 Å². The van der Waals surface area contributed by atoms with E-state index >= 15 is 0 Å². The lowest BCUT2D eigenvalue weighted by molar-refractivity contribution is 0.0697. The highest BCUT2D eigenvalue weighted by Crippen LogP contribution is 2.28. The minimum atomic E-state index is -0.561. The molecule has 2 aliphatic rings. The quantitative estimate of drug-likeness (QED) is 0.654. The second kappa shape index (κ2) is 6.26. The number of anilines is 1. The molecule has 24 heavy (non-hydrogen) atoms. The Morgan fingerprint density at radius 1 is 1.12 bits per heavy atom. The van der Waals surface area contributed by atoms with Gasteiger partial charge in [-0.3, -0.25) is 14.9 Å². The minimum absolute atomic E-state index is 0.323. The number of hydroxylamine groups is 1. The third-order valence-electron chi connectivity index (χ3n) is 4.73. The van der Waals surface area contributed by atoms with E-state index < -0.39 is 5.91 Å². The van der Waals surface area contributed by atoms with Crippen molar-refractivity contribution in [3.63, 3.8) is 0 Å². The summed E-state index contributed by atoms with van der Waals surface area (Å²) in [6.07, 6.45) is 2.65. The Morgan fingerprint density at radius 2 is 1.83 bits per heavy atom. The summed E-state index contributed by atoms with van der Waals surface area (Å²) < 4.78 is 1.58. The van der Waals surface area contributed by atoms with Crippen LogP contribution in [0.25, 0.3) is 5.69 Å². The maximum Gasteiger partial charge on any atom is 0.293 e. The number of carbonyl (C=O) groups excluding carboxylic acids is 1. The first-order valence-corrected chi connectivity index (χ1v) is 8.35. The molecule has 126 valence electrons. The van der Waals surface area contributed by atoms with E-state index in [1.54, 1.807) is 16.2 Å². The van der Waals surface area contributed by atoms with Crippen molar-refractivity contribution in [1.29, 1.82) is 0 Å². The highest BCUT2D eigenvalue weighted by atomic mass is 16.5. The SMILES string of the molecule is O=C(NO)c1cc(N2CCN(C3CC3)CC2)nn1-c1ccccc1. The molecule has 1 aromatic carbocycles. The molecule has 2 fully saturated rings. The average molecular weight is 327 g/mol. The van der Waals surface area contributed by atoms with Gasteiger partial charge in [-0.2, -0.15) is 0 Å². The molecule has 0 bridgehead atoms. The monoisotopic (exact) mass is 327 g/mol. The molecule has 7 nitrogen and oxygen atoms in total. The van der Waals surface area contributed by atoms with E-state index in [0.717, 1.165) is 43.7 Å². The molecule has 2 aromatic rings. The minimum Gasteiger partial charge on any atom is -0.353 e. The predicted octanol–water partition coefficient (Wildman–Crippen LogP) is 1.28. The van der Waals surface area contributed by atoms with Crippen molar-refractivity contribution >= 4 is 11.7 Å². The number of carbonyl (C=O) groups is 1. The van der Waals surface area contributed by atoms with Crippen molar-refractivity contribution in [1.82, 2.24) is 20.2 Å². The van der Waals surface area contributed by atoms with Crippen LogP contribution >= 0.6 is 0 Å². The second-order valence-corrected chi connectivity index (χ2v) is 6.33. The summed E-state index contributed by atoms with van der Waals surface area (Å²) in [5.41, 5.74) is 2.82. The molecule has 1 aliphatic carbocycles. The molecule has 1 saturated carbocycles. The molecule has 2 N–H and O–H groups in total. The van der Waals surface area contributed by atoms with Crippen molar-refractivity contribution in [2.24, 2.45) is 0 Å². The molecule has 1 aromatic heterocycles. The van der Waals surface area contributed by atoms with Gasteiger partial charge in [-0.1, -0.05) is 18.2 Å². The Hall–Kier alpha value is -2.38. The summed E-state index contributed by atoms with van der Waals surface area (Å²) in [5.74, 6) is 0.210. The van der Waals surface area contributed by atoms with Gasteiger partial charge in [0.05, 0.1) is 5.69 Å². The molecule has 2 heterocycles. The third kappa shape index (κ3) is 2.88. The molecule has 0 radical (unpaired) electrons. The molecule has 1 aliphatic heterocycles. The zero-order chi connectivity index (χ0) is 16.5. The summed E-state index contributed by atoms with van der Waals surface area (Å²) in [7, 11) is 0. The van der Waals surface area contributed by atoms with Crippen LogP contribution in [-0.4, -0.2) is 58.0 Å². The lowest BCUT2D eigenvalue weighted by atomic mass is 10.3. The molecular weight excluding hydrogens is 306 g/mol. The van der Waals surface area contributed by atoms with E-state index in [-0.39, 0.29) is 0 Å². The second-order valence-electron chi connectivity index (χ2n) is 6.33. The van der Waals surface area contributed by atoms with E-state index in [0.29, 0.717) is 5.69 Å². The first-order chi connectivity index (χ1) is 11.8. The Labute approximate surface area is 140 Å². The average Bonchev–Trinajstić information content (AvgIpc) is 3.40. The van der Waals surface area contributed by atoms with Gasteiger partial charge in [0, 0.05) is 38.3 Å². The molecule has 4 rings (SSSR count). The summed E-state index contributed by atoms with van der Waals surface area (Å²) in [5, 5.41) is 13.6. The fraction of sp³-hybridized carbons (Fsp3) is 0.412. The smallest absolute Gasteiger partial charge is 0.293 e. The Kier molecular flexibility index (Phi) is 3.95. The number of piperazine rings is 1. The highest BCUT2D eigenvalue weighted by Gasteiger charge is 2.32. The van der Waals surface area contributed by atoms with E-state index in [1.807, 2.05) is 30.3 Å². The van der Waals surface area contributed by atoms with E-state index in [4.69, 9.17) is 5.21 Å². The highest BCUT2D eigenvalue weighted by molar-refractivity contribution is 5.93. The first-order valence-electron chi connectivity index (χ1n) is 8.35. The molecule has 0 spiro atoms. The van der Waals surface area contributed by atoms with Gasteiger partial charge < -0.3 is 4.90 Å². The summed E-state index contributed by atoms with van der Waals surface area (Å²) in [4.78, 5) is 16.7. The van der Waals surface area contributed by atoms with Crippen LogP contribution in [0.5, 0.6) is 0 Å². The van der Waals surface area contributed by atoms with Crippen molar-refractivity contribution in [2.45, 2.75) is 18.9 Å². The van der Waals surface area contributed by atoms with Crippen LogP contribution in [-0.2, 0) is 0 Å². The number of nitrogens with zero attached hydrogens (tertiary/aromatic N) is 4. The van der Waals surface area contributed by atoms with Gasteiger partial charge in [-0.05, 0) is 25.0 Å². The van der Waals surface area contributed by atoms with Crippen LogP contribution in [0.1, 0.15) is 23.3 Å². The molecule has 0 unspecified atom stereocenters. The topological polar surface area (TPSA) is 73.6 Å². The van der Waals surface area contributed by atoms with Crippen molar-refractivity contribution in [2.75, 3.05) is 31.1 Å². The van der Waals surface area contributed by atoms with Gasteiger partial charge in [0.2, 0.25) is 0 Å². The van der Waals surface area contributed by atoms with Gasteiger partial charge in [-0.25, -0.2) is 10.2 Å². The number of amides is 1. The van der Waals surface area contributed by atoms with Crippen molar-refractivity contribution in [3.05, 3.63) is 42.1 Å². The molecule has 7 heteroatoms. The van der Waals surface area contributed by atoms with Gasteiger partial charge in [0.1, 0.15) is 5.69 Å². The number of para-hydroxylation sites is 1. The molecular formula is C17H21N5O2. The van der Waals surface area contributed by atoms with Gasteiger partial charge >= 0.3 is 0 Å². The zero-order valence-electron chi connectivity index (χ0n) is 13.4. The number of hydrogen-bond acceptors (Lipinski definition) is 5. The van der Waals surface area contributed by atoms with Crippen molar-refractivity contribution in [3.8, 4) is 5.69 Å². The van der Waals surface area contributed by atoms with E-state index in [9.17, 15) is 4.79 Å². The Balaban J connectivity index is 1.60. The number of hydrogen-bond donors (Lipinski definition) is 2. The van der Waals surface area contributed by atoms with Crippen LogP contribution in [0.4, 0.5) is 5.82 Å². The van der Waals surface area contributed by atoms with Crippen LogP contribution < -0.4 is 10.4 Å². The lowest BCUT2D eigenvalue weighted by Gasteiger charge is -2.34. The van der Waals surface area contributed by atoms with Crippen LogP contribution in [0, 0.1) is 0 Å². The number of aromatic nitrogens is 2. The largest absolute Gasteiger partial charge is 0.353 e. The number of benzene rings is 1. The van der Waals surface area contributed by atoms with E-state index in [1.165, 1.54) is 12.8 Å². The molecule has 1 saturated heterocycles. The first kappa shape index (κ1) is 15.2. The number of nitrogens with one attached hydrogen (secondary N) is 1. The molecule has 0 atom stereocenters.